The fourth-order valence-corrected chi connectivity index (χ4v) is 0.962. The van der Waals surface area contributed by atoms with Crippen LogP contribution in [0.4, 0.5) is 0 Å². The first-order valence-electron chi connectivity index (χ1n) is 3.26. The molecule has 0 saturated carbocycles. The average molecular weight is 152 g/mol. The lowest BCUT2D eigenvalue weighted by Gasteiger charge is -1.86. The van der Waals surface area contributed by atoms with Gasteiger partial charge >= 0.3 is 0 Å². The van der Waals surface area contributed by atoms with Crippen LogP contribution in [-0.2, 0) is 0 Å². The third-order valence-electron chi connectivity index (χ3n) is 1.43. The molecule has 0 spiro atoms. The van der Waals surface area contributed by atoms with Crippen molar-refractivity contribution in [2.24, 2.45) is 0 Å². The summed E-state index contributed by atoms with van der Waals surface area (Å²) in [7, 11) is 1.58. The quantitative estimate of drug-likeness (QED) is 0.642. The van der Waals surface area contributed by atoms with Gasteiger partial charge in [-0.05, 0) is 6.92 Å². The zero-order valence-corrected chi connectivity index (χ0v) is 6.33. The highest BCUT2D eigenvalue weighted by Crippen LogP contribution is 2.09. The molecule has 1 N–H and O–H groups in total. The number of methoxy groups -OCH3 is 1. The first-order chi connectivity index (χ1) is 5.29. The summed E-state index contributed by atoms with van der Waals surface area (Å²) in [6, 6.07) is 1.77. The molecule has 0 radical (unpaired) electrons. The molecule has 0 aliphatic rings. The average Bonchev–Trinajstić information content (AvgIpc) is 2.43. The summed E-state index contributed by atoms with van der Waals surface area (Å²) < 4.78 is 6.48. The normalized spacial score (nSPS) is 10.7. The standard InChI is InChI=1S/C6H8N4O/c1-4-7-5-3-6(11-2)9-10(5)8-4/h3H,1-2H3,(H,7,8). The van der Waals surface area contributed by atoms with Crippen LogP contribution in [0.3, 0.4) is 0 Å². The minimum atomic E-state index is 0.573. The van der Waals surface area contributed by atoms with Gasteiger partial charge in [-0.2, -0.15) is 4.63 Å². The van der Waals surface area contributed by atoms with Crippen LogP contribution in [0.2, 0.25) is 0 Å². The maximum atomic E-state index is 4.91. The molecule has 0 bridgehead atoms. The highest BCUT2D eigenvalue weighted by molar-refractivity contribution is 5.40. The minimum Gasteiger partial charge on any atom is -0.480 e. The van der Waals surface area contributed by atoms with Crippen LogP contribution in [0.1, 0.15) is 5.82 Å². The predicted octanol–water partition coefficient (Wildman–Crippen LogP) is 0.374. The Morgan fingerprint density at radius 2 is 2.45 bits per heavy atom. The van der Waals surface area contributed by atoms with Gasteiger partial charge < -0.3 is 4.74 Å². The Hall–Kier alpha value is -1.52. The van der Waals surface area contributed by atoms with E-state index in [1.165, 1.54) is 0 Å². The van der Waals surface area contributed by atoms with Gasteiger partial charge in [0.2, 0.25) is 5.88 Å². The number of hydrogen-bond acceptors (Lipinski definition) is 3. The third kappa shape index (κ3) is 0.849. The van der Waals surface area contributed by atoms with E-state index in [9.17, 15) is 0 Å². The van der Waals surface area contributed by atoms with E-state index in [2.05, 4.69) is 15.2 Å². The zero-order valence-electron chi connectivity index (χ0n) is 6.33. The molecular weight excluding hydrogens is 144 g/mol. The van der Waals surface area contributed by atoms with Crippen molar-refractivity contribution in [3.63, 3.8) is 0 Å². The summed E-state index contributed by atoms with van der Waals surface area (Å²) in [5.41, 5.74) is 0.777. The molecule has 0 fully saturated rings. The van der Waals surface area contributed by atoms with Gasteiger partial charge in [-0.25, -0.2) is 4.98 Å². The molecule has 2 rings (SSSR count). The number of nitrogens with one attached hydrogen (secondary N) is 1. The fraction of sp³-hybridized carbons (Fsp3) is 0.333. The van der Waals surface area contributed by atoms with Crippen LogP contribution in [0, 0.1) is 6.92 Å². The molecule has 0 amide bonds. The number of ether oxygens (including phenoxy) is 1. The molecule has 2 heterocycles. The van der Waals surface area contributed by atoms with Crippen LogP contribution >= 0.6 is 0 Å². The molecule has 0 saturated heterocycles. The van der Waals surface area contributed by atoms with Crippen molar-refractivity contribution in [1.82, 2.24) is 19.8 Å². The van der Waals surface area contributed by atoms with Crippen molar-refractivity contribution in [1.29, 1.82) is 0 Å². The first-order valence-corrected chi connectivity index (χ1v) is 3.26. The van der Waals surface area contributed by atoms with E-state index in [4.69, 9.17) is 4.74 Å². The minimum absolute atomic E-state index is 0.573. The monoisotopic (exact) mass is 152 g/mol. The number of nitrogens with zero attached hydrogens (tertiary/aromatic N) is 3. The molecule has 5 heteroatoms. The predicted molar refractivity (Wildman–Crippen MR) is 38.6 cm³/mol. The van der Waals surface area contributed by atoms with Crippen molar-refractivity contribution in [3.05, 3.63) is 11.9 Å². The number of H-pyrrole nitrogens is 1. The lowest BCUT2D eigenvalue weighted by Crippen LogP contribution is -1.88. The SMILES string of the molecule is COc1cc2nc(C)[nH]n2n1. The Balaban J connectivity index is 2.64. The summed E-state index contributed by atoms with van der Waals surface area (Å²) in [6.45, 7) is 1.88. The van der Waals surface area contributed by atoms with Crippen LogP contribution in [0.25, 0.3) is 5.65 Å². The largest absolute Gasteiger partial charge is 0.480 e. The number of fused-ring (bicyclic) bond motifs is 1. The van der Waals surface area contributed by atoms with Crippen molar-refractivity contribution >= 4 is 5.65 Å². The number of aromatic amines is 1. The van der Waals surface area contributed by atoms with Crippen molar-refractivity contribution in [3.8, 4) is 5.88 Å². The highest BCUT2D eigenvalue weighted by atomic mass is 16.5. The third-order valence-corrected chi connectivity index (χ3v) is 1.43. The Morgan fingerprint density at radius 1 is 1.64 bits per heavy atom. The van der Waals surface area contributed by atoms with E-state index < -0.39 is 0 Å². The van der Waals surface area contributed by atoms with Crippen LogP contribution in [-0.4, -0.2) is 26.9 Å². The molecule has 11 heavy (non-hydrogen) atoms. The Labute approximate surface area is 63.0 Å². The van der Waals surface area contributed by atoms with Crippen molar-refractivity contribution in [2.45, 2.75) is 6.92 Å². The first kappa shape index (κ1) is 6.21. The maximum Gasteiger partial charge on any atom is 0.236 e. The second kappa shape index (κ2) is 1.98. The number of hydrogen-bond donors (Lipinski definition) is 1. The fourth-order valence-electron chi connectivity index (χ4n) is 0.962. The summed E-state index contributed by atoms with van der Waals surface area (Å²) in [5, 5.41) is 6.96. The topological polar surface area (TPSA) is 55.2 Å². The molecule has 0 unspecified atom stereocenters. The molecule has 0 aliphatic carbocycles. The van der Waals surface area contributed by atoms with Gasteiger partial charge in [0.15, 0.2) is 5.65 Å². The summed E-state index contributed by atoms with van der Waals surface area (Å²) in [5.74, 6) is 1.42. The van der Waals surface area contributed by atoms with Gasteiger partial charge in [0.25, 0.3) is 0 Å². The van der Waals surface area contributed by atoms with E-state index in [1.807, 2.05) is 6.92 Å². The zero-order chi connectivity index (χ0) is 7.84. The van der Waals surface area contributed by atoms with Crippen LogP contribution in [0.15, 0.2) is 6.07 Å². The van der Waals surface area contributed by atoms with Crippen LogP contribution in [0.5, 0.6) is 5.88 Å². The number of aryl methyl sites for hydroxylation is 1. The molecular formula is C6H8N4O. The van der Waals surface area contributed by atoms with Gasteiger partial charge in [-0.1, -0.05) is 0 Å². The van der Waals surface area contributed by atoms with E-state index in [0.717, 1.165) is 11.5 Å². The second-order valence-electron chi connectivity index (χ2n) is 2.27. The van der Waals surface area contributed by atoms with Gasteiger partial charge in [0.1, 0.15) is 5.82 Å². The maximum absolute atomic E-state index is 4.91. The number of rotatable bonds is 1. The van der Waals surface area contributed by atoms with E-state index in [1.54, 1.807) is 17.8 Å². The molecule has 5 nitrogen and oxygen atoms in total. The van der Waals surface area contributed by atoms with Gasteiger partial charge in [0, 0.05) is 6.07 Å². The van der Waals surface area contributed by atoms with Gasteiger partial charge in [0.05, 0.1) is 7.11 Å². The molecule has 2 aromatic rings. The molecule has 0 atom stereocenters. The summed E-state index contributed by atoms with van der Waals surface area (Å²) >= 11 is 0. The smallest absolute Gasteiger partial charge is 0.236 e. The van der Waals surface area contributed by atoms with E-state index >= 15 is 0 Å². The molecule has 0 aliphatic heterocycles. The lowest BCUT2D eigenvalue weighted by molar-refractivity contribution is 0.393. The van der Waals surface area contributed by atoms with Crippen molar-refractivity contribution in [2.75, 3.05) is 7.11 Å². The summed E-state index contributed by atoms with van der Waals surface area (Å²) in [4.78, 5) is 4.15. The van der Waals surface area contributed by atoms with Crippen LogP contribution < -0.4 is 4.74 Å². The van der Waals surface area contributed by atoms with Gasteiger partial charge in [-0.15, -0.1) is 5.10 Å². The Morgan fingerprint density at radius 3 is 3.09 bits per heavy atom. The summed E-state index contributed by atoms with van der Waals surface area (Å²) in [6.07, 6.45) is 0. The van der Waals surface area contributed by atoms with Gasteiger partial charge in [-0.3, -0.25) is 5.10 Å². The number of aromatic nitrogens is 4. The van der Waals surface area contributed by atoms with E-state index in [0.29, 0.717) is 5.88 Å². The van der Waals surface area contributed by atoms with E-state index in [-0.39, 0.29) is 0 Å². The van der Waals surface area contributed by atoms with Crippen molar-refractivity contribution < 1.29 is 4.74 Å². The Kier molecular flexibility index (Phi) is 1.12. The molecule has 0 aromatic carbocycles. The highest BCUT2D eigenvalue weighted by Gasteiger charge is 2.03. The molecule has 58 valence electrons. The Bertz CT molecular complexity index is 343. The lowest BCUT2D eigenvalue weighted by atomic mass is 10.6. The molecule has 2 aromatic heterocycles. The second-order valence-corrected chi connectivity index (χ2v) is 2.27.